The lowest BCUT2D eigenvalue weighted by molar-refractivity contribution is -0.139. The van der Waals surface area contributed by atoms with E-state index in [9.17, 15) is 14.7 Å². The lowest BCUT2D eigenvalue weighted by Gasteiger charge is -2.17. The van der Waals surface area contributed by atoms with E-state index in [1.807, 2.05) is 61.2 Å². The van der Waals surface area contributed by atoms with Gasteiger partial charge in [0.2, 0.25) is 0 Å². The number of aryl methyl sites for hydroxylation is 1. The van der Waals surface area contributed by atoms with Gasteiger partial charge in [-0.05, 0) is 60.2 Å². The maximum Gasteiger partial charge on any atom is 0.326 e. The first-order valence-corrected chi connectivity index (χ1v) is 13.8. The number of carbonyl (C=O) groups is 2. The van der Waals surface area contributed by atoms with Crippen molar-refractivity contribution in [1.29, 1.82) is 0 Å². The maximum absolute atomic E-state index is 13.2. The standard InChI is InChI=1S/C30H32N4O3S/c1-21-7-6-8-22(15-21)19-34-20-31-17-25(34)18-32-24-11-12-26(27(16-24)23-9-4-3-5-10-23)29(35)33-28(30(36)37)13-14-38-2/h3-12,15-17,20,28,32H,13-14,18-19H2,1-2H3,(H,33,35)(H,36,37)/t28-/m0/s1. The molecule has 0 aliphatic rings. The van der Waals surface area contributed by atoms with Crippen molar-refractivity contribution in [2.75, 3.05) is 17.3 Å². The molecule has 8 heteroatoms. The number of thioether (sulfide) groups is 1. The van der Waals surface area contributed by atoms with Crippen LogP contribution in [-0.4, -0.2) is 44.6 Å². The highest BCUT2D eigenvalue weighted by Crippen LogP contribution is 2.28. The lowest BCUT2D eigenvalue weighted by Crippen LogP contribution is -2.41. The summed E-state index contributed by atoms with van der Waals surface area (Å²) in [5.74, 6) is -0.791. The molecule has 0 saturated carbocycles. The number of nitrogens with zero attached hydrogens (tertiary/aromatic N) is 2. The number of hydrogen-bond donors (Lipinski definition) is 3. The average molecular weight is 529 g/mol. The highest BCUT2D eigenvalue weighted by molar-refractivity contribution is 7.98. The first-order chi connectivity index (χ1) is 18.4. The quantitative estimate of drug-likeness (QED) is 0.226. The molecule has 4 rings (SSSR count). The monoisotopic (exact) mass is 528 g/mol. The van der Waals surface area contributed by atoms with Crippen molar-refractivity contribution in [2.45, 2.75) is 32.5 Å². The highest BCUT2D eigenvalue weighted by atomic mass is 32.2. The van der Waals surface area contributed by atoms with Crippen molar-refractivity contribution in [3.8, 4) is 11.1 Å². The molecule has 3 aromatic carbocycles. The molecule has 1 heterocycles. The van der Waals surface area contributed by atoms with Gasteiger partial charge in [0.25, 0.3) is 5.91 Å². The van der Waals surface area contributed by atoms with Crippen molar-refractivity contribution < 1.29 is 14.7 Å². The minimum Gasteiger partial charge on any atom is -0.480 e. The average Bonchev–Trinajstić information content (AvgIpc) is 3.36. The number of rotatable bonds is 12. The Balaban J connectivity index is 1.54. The van der Waals surface area contributed by atoms with E-state index in [2.05, 4.69) is 51.4 Å². The fourth-order valence-electron chi connectivity index (χ4n) is 4.28. The van der Waals surface area contributed by atoms with E-state index in [4.69, 9.17) is 0 Å². The van der Waals surface area contributed by atoms with E-state index < -0.39 is 17.9 Å². The Hall–Kier alpha value is -4.04. The Bertz CT molecular complexity index is 1390. The second-order valence-electron chi connectivity index (χ2n) is 9.13. The highest BCUT2D eigenvalue weighted by Gasteiger charge is 2.22. The molecule has 4 aromatic rings. The topological polar surface area (TPSA) is 96.3 Å². The fourth-order valence-corrected chi connectivity index (χ4v) is 4.75. The largest absolute Gasteiger partial charge is 0.480 e. The second kappa shape index (κ2) is 13.0. The predicted molar refractivity (Wildman–Crippen MR) is 154 cm³/mol. The molecule has 38 heavy (non-hydrogen) atoms. The molecule has 1 atom stereocenters. The van der Waals surface area contributed by atoms with Gasteiger partial charge in [-0.1, -0.05) is 60.2 Å². The van der Waals surface area contributed by atoms with Gasteiger partial charge >= 0.3 is 5.97 Å². The Kier molecular flexibility index (Phi) is 9.21. The number of nitrogens with one attached hydrogen (secondary N) is 2. The molecule has 0 unspecified atom stereocenters. The Morgan fingerprint density at radius 3 is 2.61 bits per heavy atom. The summed E-state index contributed by atoms with van der Waals surface area (Å²) in [6, 6.07) is 22.6. The van der Waals surface area contributed by atoms with Gasteiger partial charge in [0.1, 0.15) is 6.04 Å². The van der Waals surface area contributed by atoms with Crippen molar-refractivity contribution in [2.24, 2.45) is 0 Å². The van der Waals surface area contributed by atoms with E-state index in [1.165, 1.54) is 11.1 Å². The van der Waals surface area contributed by atoms with Crippen molar-refractivity contribution >= 4 is 29.3 Å². The number of hydrogen-bond acceptors (Lipinski definition) is 5. The van der Waals surface area contributed by atoms with Crippen LogP contribution in [0.1, 0.15) is 33.6 Å². The van der Waals surface area contributed by atoms with Crippen LogP contribution in [0.25, 0.3) is 11.1 Å². The summed E-state index contributed by atoms with van der Waals surface area (Å²) >= 11 is 1.55. The lowest BCUT2D eigenvalue weighted by atomic mass is 9.98. The normalized spacial score (nSPS) is 11.6. The fraction of sp³-hybridized carbons (Fsp3) is 0.233. The molecule has 0 bridgehead atoms. The number of carboxylic acids is 1. The zero-order chi connectivity index (χ0) is 26.9. The molecule has 196 valence electrons. The molecule has 1 aromatic heterocycles. The molecule has 3 N–H and O–H groups in total. The van der Waals surface area contributed by atoms with Gasteiger partial charge in [-0.2, -0.15) is 11.8 Å². The van der Waals surface area contributed by atoms with Gasteiger partial charge in [0.15, 0.2) is 0 Å². The van der Waals surface area contributed by atoms with Crippen LogP contribution in [0, 0.1) is 6.92 Å². The molecule has 0 spiro atoms. The third-order valence-corrected chi connectivity index (χ3v) is 6.91. The van der Waals surface area contributed by atoms with E-state index in [-0.39, 0.29) is 0 Å². The second-order valence-corrected chi connectivity index (χ2v) is 10.1. The maximum atomic E-state index is 13.2. The molecular formula is C30H32N4O3S. The van der Waals surface area contributed by atoms with Crippen LogP contribution >= 0.6 is 11.8 Å². The predicted octanol–water partition coefficient (Wildman–Crippen LogP) is 5.46. The molecule has 7 nitrogen and oxygen atoms in total. The first kappa shape index (κ1) is 27.0. The molecule has 0 aliphatic heterocycles. The summed E-state index contributed by atoms with van der Waals surface area (Å²) in [6.45, 7) is 3.37. The number of imidazole rings is 1. The summed E-state index contributed by atoms with van der Waals surface area (Å²) in [5.41, 5.74) is 6.36. The molecule has 0 fully saturated rings. The Labute approximate surface area is 227 Å². The third kappa shape index (κ3) is 7.04. The first-order valence-electron chi connectivity index (χ1n) is 12.4. The van der Waals surface area contributed by atoms with Crippen LogP contribution in [0.2, 0.25) is 0 Å². The van der Waals surface area contributed by atoms with Gasteiger partial charge in [-0.3, -0.25) is 4.79 Å². The van der Waals surface area contributed by atoms with Gasteiger partial charge < -0.3 is 20.3 Å². The van der Waals surface area contributed by atoms with Gasteiger partial charge in [0, 0.05) is 24.0 Å². The van der Waals surface area contributed by atoms with E-state index in [1.54, 1.807) is 17.8 Å². The summed E-state index contributed by atoms with van der Waals surface area (Å²) < 4.78 is 2.11. The minimum atomic E-state index is -1.03. The minimum absolute atomic E-state index is 0.360. The SMILES string of the molecule is CSCC[C@H](NC(=O)c1ccc(NCc2cncn2Cc2cccc(C)c2)cc1-c1ccccc1)C(=O)O. The third-order valence-electron chi connectivity index (χ3n) is 6.27. The summed E-state index contributed by atoms with van der Waals surface area (Å²) in [7, 11) is 0. The number of amides is 1. The molecular weight excluding hydrogens is 496 g/mol. The van der Waals surface area contributed by atoms with Gasteiger partial charge in [-0.15, -0.1) is 0 Å². The molecule has 0 aliphatic carbocycles. The molecule has 0 saturated heterocycles. The van der Waals surface area contributed by atoms with Crippen molar-refractivity contribution in [3.05, 3.63) is 108 Å². The zero-order valence-corrected chi connectivity index (χ0v) is 22.4. The molecule has 1 amide bonds. The number of benzene rings is 3. The number of carboxylic acid groups (broad SMARTS) is 1. The van der Waals surface area contributed by atoms with E-state index in [0.717, 1.165) is 29.1 Å². The Morgan fingerprint density at radius 2 is 1.87 bits per heavy atom. The number of carbonyl (C=O) groups excluding carboxylic acids is 1. The van der Waals surface area contributed by atoms with Crippen LogP contribution in [-0.2, 0) is 17.9 Å². The van der Waals surface area contributed by atoms with E-state index >= 15 is 0 Å². The van der Waals surface area contributed by atoms with Crippen molar-refractivity contribution in [1.82, 2.24) is 14.9 Å². The molecule has 0 radical (unpaired) electrons. The van der Waals surface area contributed by atoms with Gasteiger partial charge in [0.05, 0.1) is 18.6 Å². The van der Waals surface area contributed by atoms with Crippen LogP contribution < -0.4 is 10.6 Å². The summed E-state index contributed by atoms with van der Waals surface area (Å²) in [5, 5.41) is 15.7. The number of aliphatic carboxylic acids is 1. The summed E-state index contributed by atoms with van der Waals surface area (Å²) in [4.78, 5) is 29.2. The van der Waals surface area contributed by atoms with Crippen LogP contribution in [0.15, 0.2) is 85.3 Å². The number of aromatic nitrogens is 2. The van der Waals surface area contributed by atoms with Crippen LogP contribution in [0.3, 0.4) is 0 Å². The summed E-state index contributed by atoms with van der Waals surface area (Å²) in [6.07, 6.45) is 5.95. The van der Waals surface area contributed by atoms with Crippen LogP contribution in [0.4, 0.5) is 5.69 Å². The smallest absolute Gasteiger partial charge is 0.326 e. The zero-order valence-electron chi connectivity index (χ0n) is 21.6. The van der Waals surface area contributed by atoms with Crippen molar-refractivity contribution in [3.63, 3.8) is 0 Å². The van der Waals surface area contributed by atoms with Crippen LogP contribution in [0.5, 0.6) is 0 Å². The number of anilines is 1. The van der Waals surface area contributed by atoms with E-state index in [0.29, 0.717) is 24.3 Å². The Morgan fingerprint density at radius 1 is 1.05 bits per heavy atom. The van der Waals surface area contributed by atoms with Gasteiger partial charge in [-0.25, -0.2) is 9.78 Å².